The molecule has 3 N–H and O–H groups in total. The first-order chi connectivity index (χ1) is 8.31. The van der Waals surface area contributed by atoms with Gasteiger partial charge in [-0.2, -0.15) is 0 Å². The first-order valence-electron chi connectivity index (χ1n) is 5.93. The minimum Gasteiger partial charge on any atom is -0.353 e. The maximum Gasteiger partial charge on any atom is 0.237 e. The maximum absolute atomic E-state index is 11.8. The van der Waals surface area contributed by atoms with Crippen LogP contribution in [-0.4, -0.2) is 41.5 Å². The van der Waals surface area contributed by atoms with Crippen LogP contribution in [0.1, 0.15) is 12.1 Å². The molecule has 1 aliphatic rings. The van der Waals surface area contributed by atoms with Crippen molar-refractivity contribution in [2.45, 2.75) is 19.0 Å². The molecule has 1 atom stereocenters. The maximum atomic E-state index is 11.8. The summed E-state index contributed by atoms with van der Waals surface area (Å²) in [7, 11) is 0. The summed E-state index contributed by atoms with van der Waals surface area (Å²) in [5.41, 5.74) is 6.54. The molecule has 92 valence electrons. The van der Waals surface area contributed by atoms with Crippen LogP contribution in [-0.2, 0) is 11.3 Å². The van der Waals surface area contributed by atoms with Crippen molar-refractivity contribution in [3.05, 3.63) is 30.1 Å². The van der Waals surface area contributed by atoms with Gasteiger partial charge in [0.15, 0.2) is 0 Å². The van der Waals surface area contributed by atoms with Gasteiger partial charge in [-0.25, -0.2) is 0 Å². The topological polar surface area (TPSA) is 71.2 Å². The lowest BCUT2D eigenvalue weighted by Gasteiger charge is -2.34. The number of nitrogens with one attached hydrogen (secondary N) is 1. The molecule has 1 aromatic rings. The third-order valence-corrected chi connectivity index (χ3v) is 2.97. The number of piperazine rings is 1. The lowest BCUT2D eigenvalue weighted by atomic mass is 10.1. The Hall–Kier alpha value is -1.46. The van der Waals surface area contributed by atoms with Crippen molar-refractivity contribution in [2.75, 3.05) is 19.6 Å². The molecule has 17 heavy (non-hydrogen) atoms. The molecule has 5 heteroatoms. The van der Waals surface area contributed by atoms with Crippen LogP contribution in [0.5, 0.6) is 0 Å². The van der Waals surface area contributed by atoms with Gasteiger partial charge in [-0.1, -0.05) is 6.07 Å². The Kier molecular flexibility index (Phi) is 4.06. The summed E-state index contributed by atoms with van der Waals surface area (Å²) in [6.07, 6.45) is 2.47. The summed E-state index contributed by atoms with van der Waals surface area (Å²) in [6, 6.07) is 5.72. The van der Waals surface area contributed by atoms with Crippen LogP contribution < -0.4 is 11.1 Å². The molecule has 0 spiro atoms. The fraction of sp³-hybridized carbons (Fsp3) is 0.500. The molecule has 0 aliphatic carbocycles. The quantitative estimate of drug-likeness (QED) is 0.752. The van der Waals surface area contributed by atoms with Crippen molar-refractivity contribution in [1.82, 2.24) is 15.2 Å². The molecule has 0 bridgehead atoms. The lowest BCUT2D eigenvalue weighted by Crippen LogP contribution is -2.55. The van der Waals surface area contributed by atoms with E-state index in [2.05, 4.69) is 15.2 Å². The van der Waals surface area contributed by atoms with Gasteiger partial charge < -0.3 is 11.1 Å². The third kappa shape index (κ3) is 3.01. The average Bonchev–Trinajstić information content (AvgIpc) is 2.35. The molecule has 1 aromatic heterocycles. The number of carbonyl (C=O) groups is 1. The third-order valence-electron chi connectivity index (χ3n) is 2.97. The van der Waals surface area contributed by atoms with Gasteiger partial charge in [-0.3, -0.25) is 14.7 Å². The number of nitrogens with zero attached hydrogens (tertiary/aromatic N) is 2. The first-order valence-corrected chi connectivity index (χ1v) is 5.93. The van der Waals surface area contributed by atoms with Crippen LogP contribution in [0, 0.1) is 0 Å². The Morgan fingerprint density at radius 2 is 2.41 bits per heavy atom. The summed E-state index contributed by atoms with van der Waals surface area (Å²) in [4.78, 5) is 18.2. The van der Waals surface area contributed by atoms with Gasteiger partial charge in [0.05, 0.1) is 11.7 Å². The molecule has 1 amide bonds. The number of pyridine rings is 1. The molecular formula is C12H18N4O. The van der Waals surface area contributed by atoms with Crippen LogP contribution in [0.4, 0.5) is 0 Å². The Bertz CT molecular complexity index is 368. The molecule has 1 saturated heterocycles. The Labute approximate surface area is 101 Å². The molecule has 1 unspecified atom stereocenters. The molecule has 2 rings (SSSR count). The second-order valence-corrected chi connectivity index (χ2v) is 4.18. The zero-order chi connectivity index (χ0) is 12.1. The van der Waals surface area contributed by atoms with Gasteiger partial charge in [-0.05, 0) is 25.1 Å². The van der Waals surface area contributed by atoms with Gasteiger partial charge in [-0.15, -0.1) is 0 Å². The Balaban J connectivity index is 2.04. The highest BCUT2D eigenvalue weighted by Crippen LogP contribution is 2.11. The summed E-state index contributed by atoms with van der Waals surface area (Å²) in [6.45, 7) is 2.79. The normalized spacial score (nSPS) is 21.2. The summed E-state index contributed by atoms with van der Waals surface area (Å²) in [5.74, 6) is 0.0811. The number of carbonyl (C=O) groups excluding carboxylic acids is 1. The summed E-state index contributed by atoms with van der Waals surface area (Å²) >= 11 is 0. The van der Waals surface area contributed by atoms with Crippen molar-refractivity contribution in [3.8, 4) is 0 Å². The van der Waals surface area contributed by atoms with E-state index in [-0.39, 0.29) is 11.9 Å². The molecule has 1 fully saturated rings. The minimum absolute atomic E-state index is 0.0811. The zero-order valence-corrected chi connectivity index (χ0v) is 9.80. The molecule has 1 aliphatic heterocycles. The number of aromatic nitrogens is 1. The highest BCUT2D eigenvalue weighted by Gasteiger charge is 2.28. The Morgan fingerprint density at radius 1 is 1.53 bits per heavy atom. The number of hydrogen-bond acceptors (Lipinski definition) is 4. The first kappa shape index (κ1) is 12.0. The second kappa shape index (κ2) is 5.75. The molecule has 0 radical (unpaired) electrons. The fourth-order valence-corrected chi connectivity index (χ4v) is 2.12. The molecular weight excluding hydrogens is 216 g/mol. The van der Waals surface area contributed by atoms with Crippen molar-refractivity contribution >= 4 is 5.91 Å². The van der Waals surface area contributed by atoms with Gasteiger partial charge in [0, 0.05) is 25.8 Å². The highest BCUT2D eigenvalue weighted by molar-refractivity contribution is 5.82. The monoisotopic (exact) mass is 234 g/mol. The predicted octanol–water partition coefficient (Wildman–Crippen LogP) is -0.269. The van der Waals surface area contributed by atoms with Gasteiger partial charge in [0.1, 0.15) is 0 Å². The summed E-state index contributed by atoms with van der Waals surface area (Å²) in [5, 5.41) is 2.88. The minimum atomic E-state index is -0.115. The largest absolute Gasteiger partial charge is 0.353 e. The van der Waals surface area contributed by atoms with Crippen molar-refractivity contribution in [3.63, 3.8) is 0 Å². The van der Waals surface area contributed by atoms with Gasteiger partial charge in [0.2, 0.25) is 5.91 Å². The van der Waals surface area contributed by atoms with Crippen LogP contribution in [0.2, 0.25) is 0 Å². The zero-order valence-electron chi connectivity index (χ0n) is 9.80. The number of nitrogens with two attached hydrogens (primary N) is 1. The molecule has 2 heterocycles. The van der Waals surface area contributed by atoms with E-state index in [1.807, 2.05) is 18.2 Å². The van der Waals surface area contributed by atoms with E-state index in [1.165, 1.54) is 0 Å². The Morgan fingerprint density at radius 3 is 3.12 bits per heavy atom. The average molecular weight is 234 g/mol. The van der Waals surface area contributed by atoms with Gasteiger partial charge in [0.25, 0.3) is 0 Å². The number of rotatable bonds is 4. The van der Waals surface area contributed by atoms with Crippen LogP contribution in [0.15, 0.2) is 24.4 Å². The fourth-order valence-electron chi connectivity index (χ4n) is 2.12. The van der Waals surface area contributed by atoms with E-state index in [9.17, 15) is 4.79 Å². The molecule has 5 nitrogen and oxygen atoms in total. The van der Waals surface area contributed by atoms with Crippen molar-refractivity contribution in [2.24, 2.45) is 5.73 Å². The van der Waals surface area contributed by atoms with E-state index in [0.29, 0.717) is 26.1 Å². The van der Waals surface area contributed by atoms with E-state index in [4.69, 9.17) is 5.73 Å². The van der Waals surface area contributed by atoms with Crippen LogP contribution >= 0.6 is 0 Å². The lowest BCUT2D eigenvalue weighted by molar-refractivity contribution is -0.129. The smallest absolute Gasteiger partial charge is 0.237 e. The molecule has 0 aromatic carbocycles. The standard InChI is InChI=1S/C12H18N4O/c13-5-4-11-12(17)15-7-8-16(11)9-10-3-1-2-6-14-10/h1-3,6,11H,4-5,7-9,13H2,(H,15,17). The summed E-state index contributed by atoms with van der Waals surface area (Å²) < 4.78 is 0. The SMILES string of the molecule is NCCC1C(=O)NCCN1Cc1ccccn1. The van der Waals surface area contributed by atoms with Crippen LogP contribution in [0.25, 0.3) is 0 Å². The van der Waals surface area contributed by atoms with E-state index < -0.39 is 0 Å². The number of hydrogen-bond donors (Lipinski definition) is 2. The number of amides is 1. The van der Waals surface area contributed by atoms with E-state index in [1.54, 1.807) is 6.20 Å². The predicted molar refractivity (Wildman–Crippen MR) is 65.1 cm³/mol. The van der Waals surface area contributed by atoms with Gasteiger partial charge >= 0.3 is 0 Å². The van der Waals surface area contributed by atoms with E-state index in [0.717, 1.165) is 12.2 Å². The van der Waals surface area contributed by atoms with Crippen LogP contribution in [0.3, 0.4) is 0 Å². The highest BCUT2D eigenvalue weighted by atomic mass is 16.2. The second-order valence-electron chi connectivity index (χ2n) is 4.18. The molecule has 0 saturated carbocycles. The van der Waals surface area contributed by atoms with Crippen molar-refractivity contribution in [1.29, 1.82) is 0 Å². The van der Waals surface area contributed by atoms with E-state index >= 15 is 0 Å². The van der Waals surface area contributed by atoms with Crippen molar-refractivity contribution < 1.29 is 4.79 Å².